The summed E-state index contributed by atoms with van der Waals surface area (Å²) in [6.45, 7) is 12.7. The molecular formula is C88H95Cl8F4N19O8S. The van der Waals surface area contributed by atoms with Crippen LogP contribution in [0.5, 0.6) is 23.0 Å². The first-order chi connectivity index (χ1) is 60.8. The molecule has 27 nitrogen and oxygen atoms in total. The van der Waals surface area contributed by atoms with Gasteiger partial charge in [-0.15, -0.1) is 0 Å². The zero-order chi connectivity index (χ0) is 90.7. The van der Waals surface area contributed by atoms with Crippen molar-refractivity contribution in [1.82, 2.24) is 74.6 Å². The first kappa shape index (κ1) is 97.1. The molecule has 128 heavy (non-hydrogen) atoms. The number of nitrogens with zero attached hydrogens (tertiary/aromatic N) is 13. The largest absolute Gasteiger partial charge is 0.482 e. The summed E-state index contributed by atoms with van der Waals surface area (Å²) in [6.07, 6.45) is 26.1. The van der Waals surface area contributed by atoms with Gasteiger partial charge in [0, 0.05) is 150 Å². The van der Waals surface area contributed by atoms with Crippen LogP contribution in [0.3, 0.4) is 0 Å². The van der Waals surface area contributed by atoms with Gasteiger partial charge in [-0.2, -0.15) is 20.4 Å². The second-order valence-electron chi connectivity index (χ2n) is 30.8. The van der Waals surface area contributed by atoms with Gasteiger partial charge in [0.05, 0.1) is 94.2 Å². The molecule has 680 valence electrons. The number of esters is 1. The summed E-state index contributed by atoms with van der Waals surface area (Å²) in [7, 11) is -1.66. The molecule has 8 aromatic heterocycles. The van der Waals surface area contributed by atoms with Crippen LogP contribution >= 0.6 is 92.8 Å². The number of carbonyl (C=O) groups excluding carboxylic acids is 1. The number of piperidine rings is 3. The maximum atomic E-state index is 14.0. The van der Waals surface area contributed by atoms with E-state index in [0.717, 1.165) is 123 Å². The Balaban J connectivity index is 0.000000155. The second kappa shape index (κ2) is 43.7. The molecule has 10 N–H and O–H groups in total. The van der Waals surface area contributed by atoms with Crippen molar-refractivity contribution in [1.29, 1.82) is 0 Å². The van der Waals surface area contributed by atoms with Gasteiger partial charge in [-0.25, -0.2) is 45.9 Å². The van der Waals surface area contributed by atoms with Crippen LogP contribution in [0.1, 0.15) is 157 Å². The van der Waals surface area contributed by atoms with E-state index in [0.29, 0.717) is 85.2 Å². The first-order valence-corrected chi connectivity index (χ1v) is 45.4. The SMILES string of the molecule is C.CC(Oc1cc(-c2cnn(C3CCCS(=O)(=O)C3)c2)cnc1N)c1c(Cl)ccc(F)c1Cl.CC(Oc1cc(-c2cnn(C3CCNCC3)c2)cnc1N)c1c(Cl)ccc(F)c1Cl.CC(Oc1cc(-c2cnn(C3CCNCC3)c2)cnc1N)c1c(Cl)ccc(F)c1Cl.COC(=O)CN1CCC(n2cc(-c3cnc(N)c(OC(C)c4c(Cl)ccc(F)c4Cl)c3)cn2)CC1. The number of rotatable bonds is 22. The van der Waals surface area contributed by atoms with E-state index >= 15 is 0 Å². The maximum Gasteiger partial charge on any atom is 0.319 e. The van der Waals surface area contributed by atoms with E-state index in [9.17, 15) is 30.8 Å². The Kier molecular flexibility index (Phi) is 33.1. The number of hydrogen-bond acceptors (Lipinski definition) is 23. The number of nitrogens with one attached hydrogen (secondary N) is 2. The highest BCUT2D eigenvalue weighted by molar-refractivity contribution is 7.91. The lowest BCUT2D eigenvalue weighted by Gasteiger charge is -2.31. The van der Waals surface area contributed by atoms with Crippen molar-refractivity contribution < 1.29 is 54.5 Å². The third-order valence-electron chi connectivity index (χ3n) is 22.1. The van der Waals surface area contributed by atoms with Gasteiger partial charge in [0.25, 0.3) is 0 Å². The van der Waals surface area contributed by atoms with Gasteiger partial charge < -0.3 is 57.3 Å². The fourth-order valence-electron chi connectivity index (χ4n) is 15.2. The average Bonchev–Trinajstić information content (AvgIpc) is 1.06. The summed E-state index contributed by atoms with van der Waals surface area (Å²) in [5, 5.41) is 25.5. The third-order valence-corrected chi connectivity index (χ3v) is 26.8. The highest BCUT2D eigenvalue weighted by atomic mass is 35.5. The zero-order valence-corrected chi connectivity index (χ0v) is 76.2. The molecular weight excluding hydrogens is 1840 g/mol. The van der Waals surface area contributed by atoms with E-state index in [-0.39, 0.29) is 91.1 Å². The van der Waals surface area contributed by atoms with Crippen LogP contribution < -0.4 is 52.5 Å². The normalized spacial score (nSPS) is 16.5. The van der Waals surface area contributed by atoms with Crippen molar-refractivity contribution in [3.8, 4) is 67.5 Å². The average molecular weight is 1940 g/mol. The number of nitrogens with two attached hydrogens (primary N) is 4. The molecule has 4 aliphatic rings. The first-order valence-electron chi connectivity index (χ1n) is 40.6. The predicted octanol–water partition coefficient (Wildman–Crippen LogP) is 20.5. The van der Waals surface area contributed by atoms with Crippen LogP contribution in [0.4, 0.5) is 40.8 Å². The molecule has 4 aliphatic heterocycles. The number of sulfone groups is 1. The van der Waals surface area contributed by atoms with Crippen molar-refractivity contribution in [2.45, 2.75) is 135 Å². The number of aromatic nitrogens is 12. The summed E-state index contributed by atoms with van der Waals surface area (Å²) in [4.78, 5) is 30.5. The van der Waals surface area contributed by atoms with Gasteiger partial charge in [0.1, 0.15) is 47.7 Å². The highest BCUT2D eigenvalue weighted by Crippen LogP contribution is 2.44. The maximum absolute atomic E-state index is 14.0. The van der Waals surface area contributed by atoms with E-state index in [2.05, 4.69) is 55.9 Å². The molecule has 40 heteroatoms. The second-order valence-corrected chi connectivity index (χ2v) is 36.2. The Labute approximate surface area is 778 Å². The van der Waals surface area contributed by atoms with Gasteiger partial charge in [-0.3, -0.25) is 28.4 Å². The predicted molar refractivity (Wildman–Crippen MR) is 494 cm³/mol. The molecule has 0 amide bonds. The van der Waals surface area contributed by atoms with Crippen molar-refractivity contribution in [2.75, 3.05) is 87.4 Å². The van der Waals surface area contributed by atoms with Crippen LogP contribution in [-0.2, 0) is 19.4 Å². The Bertz CT molecular complexity index is 5850. The smallest absolute Gasteiger partial charge is 0.319 e. The van der Waals surface area contributed by atoms with Crippen LogP contribution in [0, 0.1) is 23.3 Å². The summed E-state index contributed by atoms with van der Waals surface area (Å²) in [5.41, 5.74) is 32.0. The number of nitrogen functional groups attached to an aromatic ring is 4. The van der Waals surface area contributed by atoms with E-state index in [4.69, 9.17) is 139 Å². The highest BCUT2D eigenvalue weighted by Gasteiger charge is 2.31. The molecule has 4 aromatic carbocycles. The molecule has 12 heterocycles. The van der Waals surface area contributed by atoms with Gasteiger partial charge in [0.15, 0.2) is 56.1 Å². The Morgan fingerprint density at radius 3 is 0.969 bits per heavy atom. The van der Waals surface area contributed by atoms with Crippen LogP contribution in [0.2, 0.25) is 40.2 Å². The number of pyridine rings is 4. The van der Waals surface area contributed by atoms with Crippen LogP contribution in [-0.4, -0.2) is 143 Å². The van der Waals surface area contributed by atoms with Gasteiger partial charge in [-0.05, 0) is 178 Å². The van der Waals surface area contributed by atoms with Crippen molar-refractivity contribution in [3.63, 3.8) is 0 Å². The van der Waals surface area contributed by atoms with Crippen LogP contribution in [0.15, 0.2) is 147 Å². The van der Waals surface area contributed by atoms with E-state index in [1.807, 2.05) is 45.0 Å². The third kappa shape index (κ3) is 23.8. The Morgan fingerprint density at radius 1 is 0.422 bits per heavy atom. The van der Waals surface area contributed by atoms with E-state index in [1.54, 1.807) is 100 Å². The minimum Gasteiger partial charge on any atom is -0.482 e. The van der Waals surface area contributed by atoms with Gasteiger partial charge in [-0.1, -0.05) is 100 Å². The molecule has 0 radical (unpaired) electrons. The van der Waals surface area contributed by atoms with Gasteiger partial charge >= 0.3 is 5.97 Å². The number of anilines is 4. The zero-order valence-electron chi connectivity index (χ0n) is 69.3. The molecule has 5 unspecified atom stereocenters. The molecule has 0 bridgehead atoms. The van der Waals surface area contributed by atoms with E-state index < -0.39 is 57.5 Å². The minimum absolute atomic E-state index is 0. The summed E-state index contributed by atoms with van der Waals surface area (Å²) in [6, 6.07) is 18.4. The summed E-state index contributed by atoms with van der Waals surface area (Å²) in [5.74, 6) is -0.101. The molecule has 12 aromatic rings. The number of carbonyl (C=O) groups is 1. The lowest BCUT2D eigenvalue weighted by molar-refractivity contribution is -0.142. The number of hydrogen-bond donors (Lipinski definition) is 6. The number of halogens is 12. The minimum atomic E-state index is -3.06. The Morgan fingerprint density at radius 2 is 0.695 bits per heavy atom. The molecule has 5 atom stereocenters. The molecule has 4 fully saturated rings. The van der Waals surface area contributed by atoms with Crippen molar-refractivity contribution in [3.05, 3.63) is 233 Å². The fourth-order valence-corrected chi connectivity index (χ4v) is 19.6. The lowest BCUT2D eigenvalue weighted by Crippen LogP contribution is -2.38. The van der Waals surface area contributed by atoms with Crippen molar-refractivity contribution >= 4 is 132 Å². The van der Waals surface area contributed by atoms with E-state index in [1.165, 1.54) is 55.6 Å². The number of methoxy groups -OCH3 is 1. The summed E-state index contributed by atoms with van der Waals surface area (Å²) >= 11 is 49.3. The standard InChI is InChI=1S/C24H26Cl2FN5O3.2C21H22Cl2FN5O.C21H21Cl2FN4O3S.CH4/c1-14(22-18(25)3-4-19(27)23(22)26)35-20-9-15(10-29-24(20)28)16-11-30-32(12-16)17-5-7-31(8-6-17)13-21(33)34-2;2*1-12(19-16(22)2-3-17(24)20(19)23)30-18-8-13(9-27-21(18)25)14-10-28-29(11-14)15-4-6-26-7-5-15;1-12(19-16(22)4-5-17(24)20(19)23)31-18-7-13(8-26-21(18)25)14-9-27-28(10-14)15-3-2-6-32(29,30)11-15;/h3-4,9-12,14,17H,5-8,13H2,1-2H3,(H2,28,29);2*2-3,8-12,15,26H,4-7H2,1H3,(H2,25,27);4-5,7-10,12,15H,2-3,6,11H2,1H3,(H2,25,26);1H4. The molecule has 0 aliphatic carbocycles. The fraction of sp³-hybridized carbons (Fsp3) is 0.352. The summed E-state index contributed by atoms with van der Waals surface area (Å²) < 4.78 is 116. The topological polar surface area (TPSA) is 352 Å². The number of ether oxygens (including phenoxy) is 5. The molecule has 0 spiro atoms. The monoisotopic (exact) mass is 1930 g/mol. The lowest BCUT2D eigenvalue weighted by atomic mass is 10.1. The number of benzene rings is 4. The molecule has 0 saturated carbocycles. The van der Waals surface area contributed by atoms with Crippen molar-refractivity contribution in [2.24, 2.45) is 0 Å². The Hall–Kier alpha value is -9.94. The molecule has 4 saturated heterocycles. The van der Waals surface area contributed by atoms with Gasteiger partial charge in [0.2, 0.25) is 0 Å². The van der Waals surface area contributed by atoms with Crippen LogP contribution in [0.25, 0.3) is 44.5 Å². The molecule has 16 rings (SSSR count). The number of likely N-dealkylation sites (tertiary alicyclic amines) is 1. The quantitative estimate of drug-likeness (QED) is 0.0208.